The molecule has 8 N–H and O–H groups in total. The van der Waals surface area contributed by atoms with Gasteiger partial charge in [0.1, 0.15) is 0 Å². The second-order valence-electron chi connectivity index (χ2n) is 15.7. The van der Waals surface area contributed by atoms with Crippen molar-refractivity contribution in [2.45, 2.75) is 152 Å². The van der Waals surface area contributed by atoms with Crippen LogP contribution in [0.5, 0.6) is 0 Å². The number of nitrogens with one attached hydrogen (secondary N) is 8. The van der Waals surface area contributed by atoms with Crippen LogP contribution in [0.15, 0.2) is 0 Å². The summed E-state index contributed by atoms with van der Waals surface area (Å²) in [5.41, 5.74) is 0. The van der Waals surface area contributed by atoms with Crippen molar-refractivity contribution >= 4 is 33.6 Å². The molecule has 4 aliphatic carbocycles. The van der Waals surface area contributed by atoms with Crippen LogP contribution in [0.1, 0.15) is 103 Å². The molecule has 0 aromatic heterocycles. The molecule has 5 aliphatic heterocycles. The molecule has 8 bridgehead atoms. The fourth-order valence-corrected chi connectivity index (χ4v) is 12.0. The van der Waals surface area contributed by atoms with Gasteiger partial charge >= 0.3 is 33.6 Å². The average molecular weight is 698 g/mol. The van der Waals surface area contributed by atoms with Crippen molar-refractivity contribution in [3.8, 4) is 0 Å². The van der Waals surface area contributed by atoms with Crippen molar-refractivity contribution in [1.82, 2.24) is 42.5 Å². The van der Waals surface area contributed by atoms with E-state index in [4.69, 9.17) is 20.0 Å². The van der Waals surface area contributed by atoms with Crippen molar-refractivity contribution in [3.63, 3.8) is 0 Å². The maximum absolute atomic E-state index is 4.95. The number of fused-ring (bicyclic) bond motifs is 20. The van der Waals surface area contributed by atoms with E-state index in [0.717, 1.165) is 47.3 Å². The summed E-state index contributed by atoms with van der Waals surface area (Å²) in [7, 11) is 9.90. The second kappa shape index (κ2) is 13.7. The summed E-state index contributed by atoms with van der Waals surface area (Å²) in [6, 6.07) is 0. The van der Waals surface area contributed by atoms with Crippen molar-refractivity contribution < 1.29 is 0 Å². The summed E-state index contributed by atoms with van der Waals surface area (Å²) in [6.45, 7) is 0. The zero-order valence-electron chi connectivity index (χ0n) is 26.0. The van der Waals surface area contributed by atoms with Crippen molar-refractivity contribution in [2.24, 2.45) is 47.3 Å². The van der Waals surface area contributed by atoms with Gasteiger partial charge in [0.15, 0.2) is 0 Å². The third kappa shape index (κ3) is 6.02. The molecule has 0 radical (unpaired) electrons. The molecule has 9 rings (SSSR count). The standard InChI is InChI=1S/C32H56N8.Cl2GeH2/c1-2-10-18-17(9-1)25-33-26(18)38-28-21-13-5-6-14-22(21)30(35-28)40-32-24-16-8-7-15-23(24)31(36-32)39-29-20-12-4-3-11-19(20)27(34-29)37-25;1-3-2/h17-40H,1-16H2;3H2. The zero-order chi connectivity index (χ0) is 28.9. The number of hydrogen-bond acceptors (Lipinski definition) is 8. The Hall–Kier alpha value is 0.803. The summed E-state index contributed by atoms with van der Waals surface area (Å²) in [4.78, 5) is 0. The summed E-state index contributed by atoms with van der Waals surface area (Å²) >= 11 is -0.931. The monoisotopic (exact) mass is 698 g/mol. The molecule has 0 spiro atoms. The van der Waals surface area contributed by atoms with Gasteiger partial charge in [0.05, 0.1) is 49.3 Å². The molecule has 0 aromatic carbocycles. The van der Waals surface area contributed by atoms with Gasteiger partial charge in [0.2, 0.25) is 0 Å². The van der Waals surface area contributed by atoms with E-state index in [0.29, 0.717) is 49.3 Å². The van der Waals surface area contributed by atoms with E-state index < -0.39 is 13.6 Å². The molecule has 0 aromatic rings. The van der Waals surface area contributed by atoms with E-state index in [2.05, 4.69) is 42.5 Å². The zero-order valence-corrected chi connectivity index (χ0v) is 30.5. The average Bonchev–Trinajstić information content (AvgIpc) is 3.77. The molecule has 8 unspecified atom stereocenters. The van der Waals surface area contributed by atoms with Gasteiger partial charge < -0.3 is 0 Å². The van der Waals surface area contributed by atoms with Crippen molar-refractivity contribution in [3.05, 3.63) is 0 Å². The van der Waals surface area contributed by atoms with Crippen molar-refractivity contribution in [2.75, 3.05) is 0 Å². The van der Waals surface area contributed by atoms with Crippen LogP contribution in [0.2, 0.25) is 0 Å². The van der Waals surface area contributed by atoms with Crippen LogP contribution < -0.4 is 42.5 Å². The van der Waals surface area contributed by atoms with Crippen LogP contribution in [0, 0.1) is 47.3 Å². The quantitative estimate of drug-likeness (QED) is 0.183. The molecule has 8 atom stereocenters. The second-order valence-corrected chi connectivity index (χ2v) is 20.3. The van der Waals surface area contributed by atoms with Gasteiger partial charge in [-0.25, -0.2) is 0 Å². The number of hydrogen-bond donors (Lipinski definition) is 8. The molecule has 5 heterocycles. The number of rotatable bonds is 0. The Morgan fingerprint density at radius 3 is 0.512 bits per heavy atom. The molecule has 244 valence electrons. The van der Waals surface area contributed by atoms with Crippen LogP contribution >= 0.6 is 20.0 Å². The molecule has 9 aliphatic rings. The van der Waals surface area contributed by atoms with E-state index in [1.54, 1.807) is 0 Å². The fraction of sp³-hybridized carbons (Fsp3) is 1.00. The Labute approximate surface area is 274 Å². The Balaban J connectivity index is 0.000000892. The Morgan fingerprint density at radius 1 is 0.279 bits per heavy atom. The first-order valence-corrected chi connectivity index (χ1v) is 26.2. The number of halogens is 2. The van der Waals surface area contributed by atoms with E-state index in [-0.39, 0.29) is 0 Å². The molecule has 0 amide bonds. The predicted octanol–water partition coefficient (Wildman–Crippen LogP) is 3.07. The molecule has 11 heteroatoms. The van der Waals surface area contributed by atoms with Gasteiger partial charge in [0.25, 0.3) is 0 Å². The first-order chi connectivity index (χ1) is 21.2. The summed E-state index contributed by atoms with van der Waals surface area (Å²) in [5, 5.41) is 33.8. The van der Waals surface area contributed by atoms with E-state index >= 15 is 0 Å². The molecular formula is C32H58Cl2GeN8. The van der Waals surface area contributed by atoms with E-state index in [1.165, 1.54) is 103 Å². The molecule has 43 heavy (non-hydrogen) atoms. The SMILES string of the molecule is C1CCC2C3NC(NC4NC(NC5NC(NC6NC(N3)C3CCCCC63)C3CCCCC53)C3CCCCC43)C2C1.[Cl][GeH2][Cl]. The Bertz CT molecular complexity index is 743. The topological polar surface area (TPSA) is 96.2 Å². The predicted molar refractivity (Wildman–Crippen MR) is 177 cm³/mol. The molecular weight excluding hydrogens is 640 g/mol. The van der Waals surface area contributed by atoms with Crippen LogP contribution in [0.3, 0.4) is 0 Å². The summed E-state index contributed by atoms with van der Waals surface area (Å²) in [6.07, 6.45) is 25.6. The third-order valence-corrected chi connectivity index (χ3v) is 13.8. The van der Waals surface area contributed by atoms with Gasteiger partial charge in [-0.3, -0.25) is 42.5 Å². The van der Waals surface area contributed by atoms with Gasteiger partial charge in [-0.2, -0.15) is 0 Å². The Morgan fingerprint density at radius 2 is 0.395 bits per heavy atom. The molecule has 8 nitrogen and oxygen atoms in total. The van der Waals surface area contributed by atoms with Crippen LogP contribution in [-0.4, -0.2) is 62.9 Å². The maximum atomic E-state index is 4.95. The molecule has 5 saturated heterocycles. The van der Waals surface area contributed by atoms with Gasteiger partial charge in [-0.1, -0.05) is 51.4 Å². The van der Waals surface area contributed by atoms with E-state index in [1.807, 2.05) is 0 Å². The van der Waals surface area contributed by atoms with Gasteiger partial charge in [-0.15, -0.1) is 0 Å². The normalized spacial score (nSPS) is 54.0. The third-order valence-electron chi connectivity index (χ3n) is 13.8. The van der Waals surface area contributed by atoms with Crippen LogP contribution in [-0.2, 0) is 0 Å². The van der Waals surface area contributed by atoms with Crippen LogP contribution in [0.25, 0.3) is 0 Å². The first-order valence-electron chi connectivity index (χ1n) is 18.4. The first kappa shape index (κ1) is 31.1. The minimum absolute atomic E-state index is 0.420. The van der Waals surface area contributed by atoms with E-state index in [9.17, 15) is 0 Å². The van der Waals surface area contributed by atoms with Gasteiger partial charge in [0, 0.05) is 0 Å². The summed E-state index contributed by atoms with van der Waals surface area (Å²) in [5.74, 6) is 5.97. The Kier molecular flexibility index (Phi) is 9.93. The minimum atomic E-state index is -0.931. The van der Waals surface area contributed by atoms with Crippen LogP contribution in [0.4, 0.5) is 0 Å². The van der Waals surface area contributed by atoms with Crippen molar-refractivity contribution in [1.29, 1.82) is 0 Å². The summed E-state index contributed by atoms with van der Waals surface area (Å²) < 4.78 is 0. The molecule has 9 fully saturated rings. The molecule has 4 saturated carbocycles. The fourth-order valence-electron chi connectivity index (χ4n) is 12.0. The van der Waals surface area contributed by atoms with Gasteiger partial charge in [-0.05, 0) is 98.7 Å².